The Morgan fingerprint density at radius 1 is 1.05 bits per heavy atom. The fourth-order valence-electron chi connectivity index (χ4n) is 5.35. The summed E-state index contributed by atoms with van der Waals surface area (Å²) >= 11 is 6.20. The van der Waals surface area contributed by atoms with Crippen LogP contribution in [0.15, 0.2) is 67.0 Å². The average Bonchev–Trinajstić information content (AvgIpc) is 3.34. The molecule has 3 amide bonds. The van der Waals surface area contributed by atoms with E-state index in [4.69, 9.17) is 11.6 Å². The van der Waals surface area contributed by atoms with Gasteiger partial charge < -0.3 is 20.4 Å². The number of piperidine rings is 1. The number of carbonyl (C=O) groups excluding carboxylic acids is 2. The molecule has 1 aliphatic carbocycles. The second-order valence-electron chi connectivity index (χ2n) is 9.76. The predicted octanol–water partition coefficient (Wildman–Crippen LogP) is 4.96. The summed E-state index contributed by atoms with van der Waals surface area (Å²) in [5.74, 6) is 0.0268. The molecule has 8 heteroatoms. The van der Waals surface area contributed by atoms with Crippen molar-refractivity contribution in [1.82, 2.24) is 20.5 Å². The van der Waals surface area contributed by atoms with Gasteiger partial charge in [0.25, 0.3) is 5.91 Å². The Morgan fingerprint density at radius 3 is 2.57 bits per heavy atom. The van der Waals surface area contributed by atoms with E-state index in [2.05, 4.69) is 20.5 Å². The molecule has 5 rings (SSSR count). The van der Waals surface area contributed by atoms with Crippen LogP contribution in [0.5, 0.6) is 0 Å². The summed E-state index contributed by atoms with van der Waals surface area (Å²) in [7, 11) is 1.90. The highest BCUT2D eigenvalue weighted by molar-refractivity contribution is 6.31. The quantitative estimate of drug-likeness (QED) is 0.484. The van der Waals surface area contributed by atoms with E-state index >= 15 is 0 Å². The van der Waals surface area contributed by atoms with Crippen molar-refractivity contribution in [3.8, 4) is 0 Å². The number of urea groups is 1. The Morgan fingerprint density at radius 2 is 1.81 bits per heavy atom. The number of carbonyl (C=O) groups is 2. The molecule has 1 fully saturated rings. The van der Waals surface area contributed by atoms with Gasteiger partial charge in [0.15, 0.2) is 0 Å². The lowest BCUT2D eigenvalue weighted by Gasteiger charge is -2.38. The lowest BCUT2D eigenvalue weighted by Crippen LogP contribution is -2.45. The standard InChI is InChI=1S/C29H32ClN5O2/c1-34(23-12-16-35(17-13-23)24-10-14-31-15-11-24)28(36)21-7-6-20-8-9-27(25(20)18-21)33-29(37)32-19-22-4-2-3-5-26(22)30/h2-7,10-11,14-15,18,23,27H,8-9,12-13,16-17,19H2,1H3,(H2,32,33,37). The minimum atomic E-state index is -0.243. The van der Waals surface area contributed by atoms with Crippen LogP contribution < -0.4 is 15.5 Å². The normalized spacial score (nSPS) is 17.2. The van der Waals surface area contributed by atoms with Gasteiger partial charge in [-0.3, -0.25) is 9.78 Å². The summed E-state index contributed by atoms with van der Waals surface area (Å²) in [6.07, 6.45) is 7.17. The van der Waals surface area contributed by atoms with E-state index in [9.17, 15) is 9.59 Å². The summed E-state index contributed by atoms with van der Waals surface area (Å²) in [5, 5.41) is 6.60. The van der Waals surface area contributed by atoms with E-state index in [0.717, 1.165) is 49.9 Å². The number of rotatable bonds is 6. The van der Waals surface area contributed by atoms with Gasteiger partial charge in [0.2, 0.25) is 0 Å². The lowest BCUT2D eigenvalue weighted by atomic mass is 10.00. The summed E-state index contributed by atoms with van der Waals surface area (Å²) in [5.41, 5.74) is 4.92. The van der Waals surface area contributed by atoms with Gasteiger partial charge in [-0.25, -0.2) is 4.79 Å². The number of pyridine rings is 1. The largest absolute Gasteiger partial charge is 0.371 e. The number of aryl methyl sites for hydroxylation is 1. The molecule has 2 aromatic carbocycles. The maximum Gasteiger partial charge on any atom is 0.315 e. The zero-order valence-electron chi connectivity index (χ0n) is 21.0. The van der Waals surface area contributed by atoms with Crippen LogP contribution in [-0.2, 0) is 13.0 Å². The second-order valence-corrected chi connectivity index (χ2v) is 10.2. The number of hydrogen-bond donors (Lipinski definition) is 2. The van der Waals surface area contributed by atoms with Gasteiger partial charge in [0, 0.05) is 61.4 Å². The first kappa shape index (κ1) is 25.1. The third-order valence-corrected chi connectivity index (χ3v) is 7.90. The molecule has 37 heavy (non-hydrogen) atoms. The first-order valence-corrected chi connectivity index (χ1v) is 13.2. The molecule has 2 aliphatic rings. The highest BCUT2D eigenvalue weighted by Crippen LogP contribution is 2.32. The molecule has 1 atom stereocenters. The van der Waals surface area contributed by atoms with Crippen LogP contribution in [0.3, 0.4) is 0 Å². The molecule has 2 heterocycles. The molecule has 2 N–H and O–H groups in total. The van der Waals surface area contributed by atoms with E-state index < -0.39 is 0 Å². The Kier molecular flexibility index (Phi) is 7.60. The van der Waals surface area contributed by atoms with Crippen LogP contribution in [0.4, 0.5) is 10.5 Å². The molecular formula is C29H32ClN5O2. The van der Waals surface area contributed by atoms with E-state index in [1.807, 2.05) is 78.9 Å². The molecule has 3 aromatic rings. The second kappa shape index (κ2) is 11.2. The van der Waals surface area contributed by atoms with Crippen molar-refractivity contribution < 1.29 is 9.59 Å². The Labute approximate surface area is 222 Å². The molecule has 0 radical (unpaired) electrons. The van der Waals surface area contributed by atoms with Crippen molar-refractivity contribution in [1.29, 1.82) is 0 Å². The molecule has 7 nitrogen and oxygen atoms in total. The van der Waals surface area contributed by atoms with Gasteiger partial charge in [-0.05, 0) is 72.7 Å². The van der Waals surface area contributed by atoms with Gasteiger partial charge >= 0.3 is 6.03 Å². The number of hydrogen-bond acceptors (Lipinski definition) is 4. The number of nitrogens with one attached hydrogen (secondary N) is 2. The molecule has 1 aliphatic heterocycles. The summed E-state index contributed by atoms with van der Waals surface area (Å²) in [4.78, 5) is 34.3. The van der Waals surface area contributed by atoms with Crippen molar-refractivity contribution in [2.24, 2.45) is 0 Å². The van der Waals surface area contributed by atoms with Gasteiger partial charge in [-0.2, -0.15) is 0 Å². The fourth-order valence-corrected chi connectivity index (χ4v) is 5.55. The van der Waals surface area contributed by atoms with Crippen molar-refractivity contribution in [3.05, 3.63) is 94.3 Å². The van der Waals surface area contributed by atoms with Crippen molar-refractivity contribution in [2.75, 3.05) is 25.0 Å². The van der Waals surface area contributed by atoms with Crippen LogP contribution in [0.25, 0.3) is 0 Å². The number of halogens is 1. The summed E-state index contributed by atoms with van der Waals surface area (Å²) in [6, 6.07) is 17.3. The molecular weight excluding hydrogens is 486 g/mol. The van der Waals surface area contributed by atoms with Crippen molar-refractivity contribution in [3.63, 3.8) is 0 Å². The van der Waals surface area contributed by atoms with Crippen LogP contribution in [-0.4, -0.2) is 48.0 Å². The van der Waals surface area contributed by atoms with Crippen LogP contribution in [0, 0.1) is 0 Å². The topological polar surface area (TPSA) is 77.6 Å². The monoisotopic (exact) mass is 517 g/mol. The smallest absolute Gasteiger partial charge is 0.315 e. The zero-order valence-corrected chi connectivity index (χ0v) is 21.7. The number of amides is 3. The molecule has 1 aromatic heterocycles. The molecule has 0 saturated carbocycles. The van der Waals surface area contributed by atoms with Crippen LogP contribution >= 0.6 is 11.6 Å². The number of aromatic nitrogens is 1. The lowest BCUT2D eigenvalue weighted by molar-refractivity contribution is 0.0709. The van der Waals surface area contributed by atoms with E-state index in [-0.39, 0.29) is 24.0 Å². The number of nitrogens with zero attached hydrogens (tertiary/aromatic N) is 3. The van der Waals surface area contributed by atoms with Gasteiger partial charge in [-0.15, -0.1) is 0 Å². The zero-order chi connectivity index (χ0) is 25.8. The molecule has 1 saturated heterocycles. The Bertz CT molecular complexity index is 1260. The predicted molar refractivity (Wildman–Crippen MR) is 146 cm³/mol. The maximum absolute atomic E-state index is 13.4. The first-order chi connectivity index (χ1) is 18.0. The van der Waals surface area contributed by atoms with E-state index in [1.165, 1.54) is 11.3 Å². The van der Waals surface area contributed by atoms with Crippen LogP contribution in [0.2, 0.25) is 5.02 Å². The van der Waals surface area contributed by atoms with Crippen molar-refractivity contribution in [2.45, 2.75) is 44.3 Å². The minimum absolute atomic E-state index is 0.0268. The third-order valence-electron chi connectivity index (χ3n) is 7.53. The molecule has 192 valence electrons. The van der Waals surface area contributed by atoms with Crippen molar-refractivity contribution >= 4 is 29.2 Å². The minimum Gasteiger partial charge on any atom is -0.371 e. The molecule has 1 unspecified atom stereocenters. The summed E-state index contributed by atoms with van der Waals surface area (Å²) in [6.45, 7) is 2.17. The van der Waals surface area contributed by atoms with Crippen LogP contribution in [0.1, 0.15) is 52.4 Å². The summed E-state index contributed by atoms with van der Waals surface area (Å²) < 4.78 is 0. The van der Waals surface area contributed by atoms with Gasteiger partial charge in [-0.1, -0.05) is 35.9 Å². The van der Waals surface area contributed by atoms with Gasteiger partial charge in [0.1, 0.15) is 0 Å². The Hall–Kier alpha value is -3.58. The number of benzene rings is 2. The maximum atomic E-state index is 13.4. The van der Waals surface area contributed by atoms with E-state index in [0.29, 0.717) is 17.1 Å². The molecule has 0 bridgehead atoms. The SMILES string of the molecule is CN(C(=O)c1ccc2c(c1)C(NC(=O)NCc1ccccc1Cl)CC2)C1CCN(c2ccncc2)CC1. The number of fused-ring (bicyclic) bond motifs is 1. The highest BCUT2D eigenvalue weighted by Gasteiger charge is 2.29. The average molecular weight is 518 g/mol. The van der Waals surface area contributed by atoms with E-state index in [1.54, 1.807) is 0 Å². The third kappa shape index (κ3) is 5.72. The first-order valence-electron chi connectivity index (χ1n) is 12.8. The number of anilines is 1. The fraction of sp³-hybridized carbons (Fsp3) is 0.345. The Balaban J connectivity index is 1.19. The highest BCUT2D eigenvalue weighted by atomic mass is 35.5. The molecule has 0 spiro atoms. The van der Waals surface area contributed by atoms with Gasteiger partial charge in [0.05, 0.1) is 6.04 Å².